The molecule has 0 saturated carbocycles. The zero-order valence-electron chi connectivity index (χ0n) is 8.51. The zero-order chi connectivity index (χ0) is 10.3. The molecule has 0 amide bonds. The molecular weight excluding hydrogens is 192 g/mol. The molecule has 0 N–H and O–H groups in total. The van der Waals surface area contributed by atoms with Gasteiger partial charge in [0.2, 0.25) is 0 Å². The third-order valence-electron chi connectivity index (χ3n) is 2.86. The predicted octanol–water partition coefficient (Wildman–Crippen LogP) is 1.66. The molecule has 0 spiro atoms. The van der Waals surface area contributed by atoms with E-state index in [4.69, 9.17) is 9.15 Å². The van der Waals surface area contributed by atoms with Gasteiger partial charge in [-0.05, 0) is 12.1 Å². The highest BCUT2D eigenvalue weighted by atomic mass is 16.5. The molecule has 2 aromatic rings. The van der Waals surface area contributed by atoms with Crippen molar-refractivity contribution < 1.29 is 9.15 Å². The lowest BCUT2D eigenvalue weighted by atomic mass is 10.1. The van der Waals surface area contributed by atoms with Crippen molar-refractivity contribution >= 4 is 16.8 Å². The molecule has 3 rings (SSSR count). The molecule has 1 fully saturated rings. The van der Waals surface area contributed by atoms with Crippen LogP contribution in [-0.2, 0) is 4.74 Å². The van der Waals surface area contributed by atoms with Gasteiger partial charge in [-0.25, -0.2) is 4.98 Å². The average Bonchev–Trinajstić information content (AvgIpc) is 2.63. The summed E-state index contributed by atoms with van der Waals surface area (Å²) in [5.74, 6) is 0. The summed E-state index contributed by atoms with van der Waals surface area (Å²) in [5, 5.41) is 0. The van der Waals surface area contributed by atoms with Gasteiger partial charge in [0, 0.05) is 32.0 Å². The van der Waals surface area contributed by atoms with Gasteiger partial charge in [0.05, 0.1) is 6.10 Å². The highest BCUT2D eigenvalue weighted by Gasteiger charge is 2.26. The molecule has 0 aliphatic carbocycles. The topological polar surface area (TPSA) is 38.5 Å². The number of hydrogen-bond acceptors (Lipinski definition) is 4. The lowest BCUT2D eigenvalue weighted by Gasteiger charge is -2.39. The van der Waals surface area contributed by atoms with E-state index >= 15 is 0 Å². The van der Waals surface area contributed by atoms with E-state index in [2.05, 4.69) is 16.0 Å². The summed E-state index contributed by atoms with van der Waals surface area (Å²) in [6.45, 7) is 1.91. The molecule has 1 aliphatic heterocycles. The largest absolute Gasteiger partial charge is 0.443 e. The second-order valence-electron chi connectivity index (χ2n) is 3.77. The van der Waals surface area contributed by atoms with Crippen molar-refractivity contribution in [3.8, 4) is 0 Å². The van der Waals surface area contributed by atoms with Crippen LogP contribution in [0.2, 0.25) is 0 Å². The number of methoxy groups -OCH3 is 1. The zero-order valence-corrected chi connectivity index (χ0v) is 8.51. The first kappa shape index (κ1) is 8.73. The Balaban J connectivity index is 1.86. The Kier molecular flexibility index (Phi) is 1.89. The predicted molar refractivity (Wildman–Crippen MR) is 57.0 cm³/mol. The van der Waals surface area contributed by atoms with Crippen LogP contribution in [0.15, 0.2) is 29.0 Å². The minimum absolute atomic E-state index is 0.371. The average molecular weight is 204 g/mol. The van der Waals surface area contributed by atoms with E-state index in [9.17, 15) is 0 Å². The Morgan fingerprint density at radius 3 is 3.13 bits per heavy atom. The van der Waals surface area contributed by atoms with Crippen LogP contribution < -0.4 is 4.90 Å². The Hall–Kier alpha value is -1.55. The van der Waals surface area contributed by atoms with E-state index < -0.39 is 0 Å². The van der Waals surface area contributed by atoms with Crippen LogP contribution in [0.25, 0.3) is 11.1 Å². The first-order chi connectivity index (χ1) is 7.36. The minimum Gasteiger partial charge on any atom is -0.443 e. The maximum atomic E-state index is 5.26. The van der Waals surface area contributed by atoms with Crippen molar-refractivity contribution in [1.82, 2.24) is 4.98 Å². The second kappa shape index (κ2) is 3.24. The number of hydrogen-bond donors (Lipinski definition) is 0. The summed E-state index contributed by atoms with van der Waals surface area (Å²) in [7, 11) is 1.75. The quantitative estimate of drug-likeness (QED) is 0.745. The molecule has 1 aliphatic rings. The van der Waals surface area contributed by atoms with Crippen LogP contribution in [0.4, 0.5) is 5.69 Å². The third-order valence-corrected chi connectivity index (χ3v) is 2.86. The molecule has 0 radical (unpaired) electrons. The van der Waals surface area contributed by atoms with Gasteiger partial charge in [-0.2, -0.15) is 0 Å². The van der Waals surface area contributed by atoms with E-state index in [0.29, 0.717) is 6.10 Å². The molecule has 2 heterocycles. The molecule has 1 aromatic carbocycles. The fourth-order valence-corrected chi connectivity index (χ4v) is 1.84. The van der Waals surface area contributed by atoms with Crippen LogP contribution in [-0.4, -0.2) is 31.3 Å². The lowest BCUT2D eigenvalue weighted by Crippen LogP contribution is -2.51. The fourth-order valence-electron chi connectivity index (χ4n) is 1.84. The maximum Gasteiger partial charge on any atom is 0.181 e. The third kappa shape index (κ3) is 1.37. The first-order valence-electron chi connectivity index (χ1n) is 4.98. The van der Waals surface area contributed by atoms with Gasteiger partial charge in [-0.1, -0.05) is 0 Å². The summed E-state index contributed by atoms with van der Waals surface area (Å²) >= 11 is 0. The number of aromatic nitrogens is 1. The van der Waals surface area contributed by atoms with Crippen LogP contribution >= 0.6 is 0 Å². The normalized spacial score (nSPS) is 17.0. The Morgan fingerprint density at radius 2 is 2.33 bits per heavy atom. The van der Waals surface area contributed by atoms with Crippen LogP contribution in [0.1, 0.15) is 0 Å². The molecule has 0 bridgehead atoms. The van der Waals surface area contributed by atoms with Crippen molar-refractivity contribution in [2.45, 2.75) is 6.10 Å². The maximum absolute atomic E-state index is 5.26. The summed E-state index contributed by atoms with van der Waals surface area (Å²) in [6.07, 6.45) is 1.85. The summed E-state index contributed by atoms with van der Waals surface area (Å²) in [6, 6.07) is 6.07. The smallest absolute Gasteiger partial charge is 0.181 e. The Bertz CT molecular complexity index is 474. The van der Waals surface area contributed by atoms with Gasteiger partial charge in [0.1, 0.15) is 5.52 Å². The van der Waals surface area contributed by atoms with Gasteiger partial charge in [-0.15, -0.1) is 0 Å². The van der Waals surface area contributed by atoms with E-state index in [0.717, 1.165) is 24.2 Å². The molecule has 4 heteroatoms. The van der Waals surface area contributed by atoms with Gasteiger partial charge in [0.15, 0.2) is 12.0 Å². The number of anilines is 1. The SMILES string of the molecule is COC1CN(c2ccc3ncoc3c2)C1. The molecule has 1 aromatic heterocycles. The van der Waals surface area contributed by atoms with Gasteiger partial charge in [-0.3, -0.25) is 0 Å². The van der Waals surface area contributed by atoms with Crippen molar-refractivity contribution in [2.75, 3.05) is 25.1 Å². The molecular formula is C11H12N2O2. The van der Waals surface area contributed by atoms with Crippen molar-refractivity contribution in [3.63, 3.8) is 0 Å². The van der Waals surface area contributed by atoms with Crippen molar-refractivity contribution in [1.29, 1.82) is 0 Å². The number of nitrogens with zero attached hydrogens (tertiary/aromatic N) is 2. The standard InChI is InChI=1S/C11H12N2O2/c1-14-9-5-13(6-9)8-2-3-10-11(4-8)15-7-12-10/h2-4,7,9H,5-6H2,1H3. The van der Waals surface area contributed by atoms with Crippen LogP contribution in [0.5, 0.6) is 0 Å². The Morgan fingerprint density at radius 1 is 1.47 bits per heavy atom. The number of benzene rings is 1. The summed E-state index contributed by atoms with van der Waals surface area (Å²) in [4.78, 5) is 6.34. The van der Waals surface area contributed by atoms with Gasteiger partial charge < -0.3 is 14.1 Å². The van der Waals surface area contributed by atoms with Crippen LogP contribution in [0, 0.1) is 0 Å². The van der Waals surface area contributed by atoms with E-state index in [1.54, 1.807) is 7.11 Å². The number of rotatable bonds is 2. The van der Waals surface area contributed by atoms with E-state index in [-0.39, 0.29) is 0 Å². The molecule has 4 nitrogen and oxygen atoms in total. The number of ether oxygens (including phenoxy) is 1. The van der Waals surface area contributed by atoms with E-state index in [1.165, 1.54) is 12.1 Å². The van der Waals surface area contributed by atoms with Crippen LogP contribution in [0.3, 0.4) is 0 Å². The monoisotopic (exact) mass is 204 g/mol. The molecule has 0 unspecified atom stereocenters. The van der Waals surface area contributed by atoms with E-state index in [1.807, 2.05) is 12.1 Å². The minimum atomic E-state index is 0.371. The van der Waals surface area contributed by atoms with Gasteiger partial charge >= 0.3 is 0 Å². The second-order valence-corrected chi connectivity index (χ2v) is 3.77. The van der Waals surface area contributed by atoms with Gasteiger partial charge in [0.25, 0.3) is 0 Å². The molecule has 1 saturated heterocycles. The molecule has 15 heavy (non-hydrogen) atoms. The number of fused-ring (bicyclic) bond motifs is 1. The fraction of sp³-hybridized carbons (Fsp3) is 0.364. The molecule has 78 valence electrons. The van der Waals surface area contributed by atoms with Crippen molar-refractivity contribution in [2.24, 2.45) is 0 Å². The number of oxazole rings is 1. The Labute approximate surface area is 87.5 Å². The highest BCUT2D eigenvalue weighted by Crippen LogP contribution is 2.25. The first-order valence-corrected chi connectivity index (χ1v) is 4.98. The highest BCUT2D eigenvalue weighted by molar-refractivity contribution is 5.77. The molecule has 0 atom stereocenters. The van der Waals surface area contributed by atoms with Crippen molar-refractivity contribution in [3.05, 3.63) is 24.6 Å². The summed E-state index contributed by atoms with van der Waals surface area (Å²) < 4.78 is 10.5. The lowest BCUT2D eigenvalue weighted by molar-refractivity contribution is 0.0788. The summed E-state index contributed by atoms with van der Waals surface area (Å²) in [5.41, 5.74) is 2.92.